The second-order valence-corrected chi connectivity index (χ2v) is 11.8. The standard InChI is InChI=1S/C39H43NO2/c1-25(2)28(5)38-23-34(30(7)40-24-32-12-10-11-26(3)21-32)19-20-35(38)29(6)27(4)22-31-15-17-33(18-16-31)36-13-8-9-14-37(36)39(41)42/h8-21,23,27,29,40H,7,22,24H2,1-6H3,(H,41,42). The zero-order valence-corrected chi connectivity index (χ0v) is 25.8. The van der Waals surface area contributed by atoms with Crippen LogP contribution < -0.4 is 5.32 Å². The van der Waals surface area contributed by atoms with Crippen LogP contribution in [0.4, 0.5) is 0 Å². The summed E-state index contributed by atoms with van der Waals surface area (Å²) in [4.78, 5) is 11.7. The fourth-order valence-corrected chi connectivity index (χ4v) is 5.46. The number of aromatic carboxylic acids is 1. The van der Waals surface area contributed by atoms with Crippen LogP contribution in [0.1, 0.15) is 84.3 Å². The summed E-state index contributed by atoms with van der Waals surface area (Å²) in [7, 11) is 0. The van der Waals surface area contributed by atoms with E-state index in [9.17, 15) is 9.90 Å². The second kappa shape index (κ2) is 13.5. The molecule has 4 aromatic rings. The van der Waals surface area contributed by atoms with E-state index in [0.29, 0.717) is 17.4 Å². The molecular weight excluding hydrogens is 514 g/mol. The van der Waals surface area contributed by atoms with Crippen molar-refractivity contribution in [3.63, 3.8) is 0 Å². The van der Waals surface area contributed by atoms with Crippen molar-refractivity contribution < 1.29 is 9.90 Å². The number of carbonyl (C=O) groups is 1. The number of aryl methyl sites for hydroxylation is 1. The molecule has 0 bridgehead atoms. The van der Waals surface area contributed by atoms with Gasteiger partial charge >= 0.3 is 5.97 Å². The third-order valence-electron chi connectivity index (χ3n) is 8.47. The number of hydrogen-bond acceptors (Lipinski definition) is 2. The van der Waals surface area contributed by atoms with E-state index >= 15 is 0 Å². The molecule has 0 amide bonds. The van der Waals surface area contributed by atoms with Gasteiger partial charge in [0.1, 0.15) is 0 Å². The van der Waals surface area contributed by atoms with E-state index in [1.807, 2.05) is 24.3 Å². The van der Waals surface area contributed by atoms with Gasteiger partial charge in [-0.15, -0.1) is 0 Å². The zero-order valence-electron chi connectivity index (χ0n) is 25.8. The van der Waals surface area contributed by atoms with Crippen LogP contribution >= 0.6 is 0 Å². The van der Waals surface area contributed by atoms with E-state index in [1.54, 1.807) is 12.1 Å². The Bertz CT molecular complexity index is 1610. The number of carboxylic acids is 1. The molecule has 42 heavy (non-hydrogen) atoms. The van der Waals surface area contributed by atoms with Gasteiger partial charge < -0.3 is 10.4 Å². The van der Waals surface area contributed by atoms with E-state index in [1.165, 1.54) is 39.0 Å². The van der Waals surface area contributed by atoms with Crippen molar-refractivity contribution in [1.29, 1.82) is 0 Å². The number of carboxylic acid groups (broad SMARTS) is 1. The first-order valence-electron chi connectivity index (χ1n) is 14.7. The molecule has 0 radical (unpaired) electrons. The number of allylic oxidation sites excluding steroid dienone is 2. The van der Waals surface area contributed by atoms with E-state index in [4.69, 9.17) is 0 Å². The molecule has 0 spiro atoms. The summed E-state index contributed by atoms with van der Waals surface area (Å²) in [6.07, 6.45) is 0.932. The smallest absolute Gasteiger partial charge is 0.336 e. The molecule has 4 rings (SSSR count). The largest absolute Gasteiger partial charge is 0.478 e. The summed E-state index contributed by atoms with van der Waals surface area (Å²) in [6, 6.07) is 30.8. The molecule has 2 unspecified atom stereocenters. The Kier molecular flexibility index (Phi) is 9.85. The quantitative estimate of drug-likeness (QED) is 0.193. The van der Waals surface area contributed by atoms with Gasteiger partial charge in [0.25, 0.3) is 0 Å². The van der Waals surface area contributed by atoms with E-state index < -0.39 is 5.97 Å². The molecule has 0 saturated heterocycles. The third-order valence-corrected chi connectivity index (χ3v) is 8.47. The summed E-state index contributed by atoms with van der Waals surface area (Å²) in [5.41, 5.74) is 13.0. The van der Waals surface area contributed by atoms with Crippen LogP contribution in [0.25, 0.3) is 22.4 Å². The predicted octanol–water partition coefficient (Wildman–Crippen LogP) is 9.92. The summed E-state index contributed by atoms with van der Waals surface area (Å²) < 4.78 is 0. The van der Waals surface area contributed by atoms with Crippen molar-refractivity contribution in [2.24, 2.45) is 5.92 Å². The molecular formula is C39H43NO2. The van der Waals surface area contributed by atoms with Gasteiger partial charge in [0.15, 0.2) is 0 Å². The Morgan fingerprint density at radius 1 is 0.833 bits per heavy atom. The Balaban J connectivity index is 1.52. The van der Waals surface area contributed by atoms with Gasteiger partial charge in [0, 0.05) is 12.2 Å². The van der Waals surface area contributed by atoms with Gasteiger partial charge in [0.2, 0.25) is 0 Å². The monoisotopic (exact) mass is 557 g/mol. The lowest BCUT2D eigenvalue weighted by Crippen LogP contribution is -2.14. The van der Waals surface area contributed by atoms with Gasteiger partial charge in [-0.25, -0.2) is 4.79 Å². The fourth-order valence-electron chi connectivity index (χ4n) is 5.46. The molecule has 4 aromatic carbocycles. The van der Waals surface area contributed by atoms with Crippen molar-refractivity contribution in [3.8, 4) is 11.1 Å². The topological polar surface area (TPSA) is 49.3 Å². The molecule has 3 nitrogen and oxygen atoms in total. The first-order valence-corrected chi connectivity index (χ1v) is 14.7. The van der Waals surface area contributed by atoms with Crippen molar-refractivity contribution in [2.75, 3.05) is 0 Å². The molecule has 0 aromatic heterocycles. The molecule has 216 valence electrons. The highest BCUT2D eigenvalue weighted by Gasteiger charge is 2.20. The highest BCUT2D eigenvalue weighted by molar-refractivity contribution is 5.96. The van der Waals surface area contributed by atoms with Crippen molar-refractivity contribution >= 4 is 17.2 Å². The SMILES string of the molecule is C=C(NCc1cccc(C)c1)c1ccc(C(C)C(C)Cc2ccc(-c3ccccc3C(=O)O)cc2)c(C(C)=C(C)C)c1. The van der Waals surface area contributed by atoms with Crippen molar-refractivity contribution in [2.45, 2.75) is 60.4 Å². The maximum Gasteiger partial charge on any atom is 0.336 e. The van der Waals surface area contributed by atoms with E-state index in [-0.39, 0.29) is 0 Å². The van der Waals surface area contributed by atoms with Crippen LogP contribution in [0.5, 0.6) is 0 Å². The van der Waals surface area contributed by atoms with Crippen LogP contribution in [0.2, 0.25) is 0 Å². The molecule has 3 heteroatoms. The number of hydrogen-bond donors (Lipinski definition) is 2. The van der Waals surface area contributed by atoms with Crippen LogP contribution in [-0.2, 0) is 13.0 Å². The molecule has 0 aliphatic carbocycles. The first-order chi connectivity index (χ1) is 20.0. The molecule has 0 heterocycles. The lowest BCUT2D eigenvalue weighted by Gasteiger charge is -2.25. The Hall–Kier alpha value is -4.37. The minimum atomic E-state index is -0.906. The van der Waals surface area contributed by atoms with Crippen LogP contribution in [0.15, 0.2) is 103 Å². The molecule has 0 aliphatic heterocycles. The van der Waals surface area contributed by atoms with Gasteiger partial charge in [-0.3, -0.25) is 0 Å². The fraction of sp³-hybridized carbons (Fsp3) is 0.256. The van der Waals surface area contributed by atoms with Crippen LogP contribution in [-0.4, -0.2) is 11.1 Å². The Morgan fingerprint density at radius 3 is 2.21 bits per heavy atom. The van der Waals surface area contributed by atoms with Gasteiger partial charge in [-0.1, -0.05) is 110 Å². The van der Waals surface area contributed by atoms with Gasteiger partial charge in [-0.05, 0) is 103 Å². The average Bonchev–Trinajstić information content (AvgIpc) is 2.99. The summed E-state index contributed by atoms with van der Waals surface area (Å²) >= 11 is 0. The minimum Gasteiger partial charge on any atom is -0.478 e. The molecule has 2 N–H and O–H groups in total. The lowest BCUT2D eigenvalue weighted by molar-refractivity contribution is 0.0697. The predicted molar refractivity (Wildman–Crippen MR) is 178 cm³/mol. The number of nitrogens with one attached hydrogen (secondary N) is 1. The highest BCUT2D eigenvalue weighted by Crippen LogP contribution is 2.35. The molecule has 0 aliphatic rings. The van der Waals surface area contributed by atoms with Gasteiger partial charge in [-0.2, -0.15) is 0 Å². The summed E-state index contributed by atoms with van der Waals surface area (Å²) in [6.45, 7) is 18.4. The Morgan fingerprint density at radius 2 is 1.55 bits per heavy atom. The maximum atomic E-state index is 11.7. The summed E-state index contributed by atoms with van der Waals surface area (Å²) in [5.74, 6) is -0.167. The van der Waals surface area contributed by atoms with Crippen molar-refractivity contribution in [1.82, 2.24) is 5.32 Å². The number of benzene rings is 4. The second-order valence-electron chi connectivity index (χ2n) is 11.8. The first kappa shape index (κ1) is 30.6. The van der Waals surface area contributed by atoms with Crippen LogP contribution in [0, 0.1) is 12.8 Å². The van der Waals surface area contributed by atoms with Gasteiger partial charge in [0.05, 0.1) is 5.56 Å². The molecule has 2 atom stereocenters. The molecule has 0 saturated carbocycles. The lowest BCUT2D eigenvalue weighted by atomic mass is 9.80. The molecule has 0 fully saturated rings. The van der Waals surface area contributed by atoms with Crippen LogP contribution in [0.3, 0.4) is 0 Å². The Labute approximate surface area is 251 Å². The zero-order chi connectivity index (χ0) is 30.4. The minimum absolute atomic E-state index is 0.325. The average molecular weight is 558 g/mol. The third kappa shape index (κ3) is 7.28. The van der Waals surface area contributed by atoms with E-state index in [2.05, 4.69) is 108 Å². The van der Waals surface area contributed by atoms with Crippen molar-refractivity contribution in [3.05, 3.63) is 142 Å². The highest BCUT2D eigenvalue weighted by atomic mass is 16.4. The number of rotatable bonds is 11. The maximum absolute atomic E-state index is 11.7. The van der Waals surface area contributed by atoms with E-state index in [0.717, 1.165) is 35.4 Å². The summed E-state index contributed by atoms with van der Waals surface area (Å²) in [5, 5.41) is 13.1. The normalized spacial score (nSPS) is 12.3.